The van der Waals surface area contributed by atoms with E-state index in [1.807, 2.05) is 36.1 Å². The summed E-state index contributed by atoms with van der Waals surface area (Å²) >= 11 is 0. The average molecular weight is 491 g/mol. The molecule has 1 saturated heterocycles. The van der Waals surface area contributed by atoms with Crippen LogP contribution in [0, 0.1) is 6.92 Å². The molecule has 1 fully saturated rings. The maximum Gasteiger partial charge on any atom is 0.246 e. The first kappa shape index (κ1) is 24.8. The van der Waals surface area contributed by atoms with E-state index in [4.69, 9.17) is 14.2 Å². The summed E-state index contributed by atoms with van der Waals surface area (Å²) in [5.41, 5.74) is 1.87. The number of hydrogen-bond acceptors (Lipinski definition) is 9. The molecule has 2 aromatic heterocycles. The molecule has 188 valence electrons. The van der Waals surface area contributed by atoms with Crippen LogP contribution in [0.3, 0.4) is 0 Å². The van der Waals surface area contributed by atoms with Gasteiger partial charge < -0.3 is 29.3 Å². The number of carbonyl (C=O) groups excluding carboxylic acids is 1. The van der Waals surface area contributed by atoms with Crippen LogP contribution in [-0.2, 0) is 4.79 Å². The Morgan fingerprint density at radius 2 is 1.61 bits per heavy atom. The van der Waals surface area contributed by atoms with Crippen molar-refractivity contribution in [3.8, 4) is 17.2 Å². The highest BCUT2D eigenvalue weighted by Gasteiger charge is 2.21. The van der Waals surface area contributed by atoms with Crippen molar-refractivity contribution in [3.05, 3.63) is 59.8 Å². The van der Waals surface area contributed by atoms with Gasteiger partial charge in [-0.1, -0.05) is 6.07 Å². The van der Waals surface area contributed by atoms with Crippen molar-refractivity contribution in [2.75, 3.05) is 57.7 Å². The molecular formula is C26H30N6O4. The molecule has 3 aromatic rings. The van der Waals surface area contributed by atoms with Crippen LogP contribution in [0.1, 0.15) is 11.1 Å². The number of carbonyl (C=O) groups is 1. The number of benzene rings is 1. The first-order chi connectivity index (χ1) is 17.5. The lowest BCUT2D eigenvalue weighted by atomic mass is 10.1. The molecule has 0 atom stereocenters. The van der Waals surface area contributed by atoms with E-state index < -0.39 is 0 Å². The molecule has 1 aliphatic rings. The summed E-state index contributed by atoms with van der Waals surface area (Å²) in [6.45, 7) is 4.51. The van der Waals surface area contributed by atoms with E-state index in [0.29, 0.717) is 55.1 Å². The van der Waals surface area contributed by atoms with Crippen molar-refractivity contribution >= 4 is 29.4 Å². The number of nitrogens with one attached hydrogen (secondary N) is 1. The Morgan fingerprint density at radius 1 is 0.917 bits per heavy atom. The van der Waals surface area contributed by atoms with Gasteiger partial charge in [0.1, 0.15) is 5.82 Å². The first-order valence-corrected chi connectivity index (χ1v) is 11.6. The van der Waals surface area contributed by atoms with Crippen LogP contribution in [-0.4, -0.2) is 73.5 Å². The van der Waals surface area contributed by atoms with Crippen LogP contribution < -0.4 is 24.4 Å². The van der Waals surface area contributed by atoms with Crippen LogP contribution >= 0.6 is 0 Å². The van der Waals surface area contributed by atoms with E-state index in [-0.39, 0.29) is 5.91 Å². The summed E-state index contributed by atoms with van der Waals surface area (Å²) in [4.78, 5) is 21.0. The van der Waals surface area contributed by atoms with Gasteiger partial charge in [0.15, 0.2) is 23.1 Å². The predicted octanol–water partition coefficient (Wildman–Crippen LogP) is 3.31. The van der Waals surface area contributed by atoms with Crippen molar-refractivity contribution in [1.82, 2.24) is 20.1 Å². The number of aryl methyl sites for hydroxylation is 1. The van der Waals surface area contributed by atoms with Crippen LogP contribution in [0.4, 0.5) is 17.5 Å². The van der Waals surface area contributed by atoms with E-state index in [1.165, 1.54) is 0 Å². The highest BCUT2D eigenvalue weighted by Crippen LogP contribution is 2.38. The van der Waals surface area contributed by atoms with Gasteiger partial charge in [0.25, 0.3) is 0 Å². The first-order valence-electron chi connectivity index (χ1n) is 11.6. The number of nitrogens with zero attached hydrogens (tertiary/aromatic N) is 5. The lowest BCUT2D eigenvalue weighted by molar-refractivity contribution is -0.126. The van der Waals surface area contributed by atoms with E-state index in [1.54, 1.807) is 51.8 Å². The second kappa shape index (κ2) is 11.4. The monoisotopic (exact) mass is 490 g/mol. The Labute approximate surface area is 210 Å². The molecule has 1 aromatic carbocycles. The molecule has 0 spiro atoms. The maximum atomic E-state index is 12.8. The molecule has 3 heterocycles. The normalized spacial score (nSPS) is 13.6. The van der Waals surface area contributed by atoms with E-state index in [2.05, 4.69) is 25.4 Å². The lowest BCUT2D eigenvalue weighted by Gasteiger charge is -2.34. The molecule has 10 nitrogen and oxygen atoms in total. The third-order valence-corrected chi connectivity index (χ3v) is 5.84. The highest BCUT2D eigenvalue weighted by atomic mass is 16.5. The predicted molar refractivity (Wildman–Crippen MR) is 138 cm³/mol. The third kappa shape index (κ3) is 5.83. The van der Waals surface area contributed by atoms with Crippen molar-refractivity contribution in [2.45, 2.75) is 6.92 Å². The number of piperazine rings is 1. The van der Waals surface area contributed by atoms with Gasteiger partial charge in [0.2, 0.25) is 11.7 Å². The Kier molecular flexibility index (Phi) is 7.84. The van der Waals surface area contributed by atoms with Crippen LogP contribution in [0.2, 0.25) is 0 Å². The summed E-state index contributed by atoms with van der Waals surface area (Å²) in [5.74, 6) is 3.65. The average Bonchev–Trinajstić information content (AvgIpc) is 2.92. The molecule has 0 aliphatic carbocycles. The second-order valence-corrected chi connectivity index (χ2v) is 8.23. The fraction of sp³-hybridized carbons (Fsp3) is 0.308. The van der Waals surface area contributed by atoms with Crippen molar-refractivity contribution in [1.29, 1.82) is 0 Å². The summed E-state index contributed by atoms with van der Waals surface area (Å²) < 4.78 is 16.1. The SMILES string of the molecule is COc1cc(/C=C/C(=O)N2CCN(c3ccc(Nc4ccc(C)cn4)nn3)CC2)cc(OC)c1OC. The summed E-state index contributed by atoms with van der Waals surface area (Å²) in [6.07, 6.45) is 5.11. The fourth-order valence-electron chi connectivity index (χ4n) is 3.86. The largest absolute Gasteiger partial charge is 0.493 e. The number of amides is 1. The molecule has 4 rings (SSSR count). The Balaban J connectivity index is 1.32. The van der Waals surface area contributed by atoms with Crippen molar-refractivity contribution in [2.24, 2.45) is 0 Å². The number of hydrogen-bond donors (Lipinski definition) is 1. The van der Waals surface area contributed by atoms with Gasteiger partial charge in [0, 0.05) is 38.5 Å². The molecule has 0 saturated carbocycles. The van der Waals surface area contributed by atoms with Crippen molar-refractivity contribution < 1.29 is 19.0 Å². The lowest BCUT2D eigenvalue weighted by Crippen LogP contribution is -2.48. The van der Waals surface area contributed by atoms with Gasteiger partial charge in [-0.15, -0.1) is 10.2 Å². The van der Waals surface area contributed by atoms with E-state index in [9.17, 15) is 4.79 Å². The van der Waals surface area contributed by atoms with Crippen LogP contribution in [0.5, 0.6) is 17.2 Å². The van der Waals surface area contributed by atoms with E-state index in [0.717, 1.165) is 16.9 Å². The number of aromatic nitrogens is 3. The van der Waals surface area contributed by atoms with Gasteiger partial charge in [-0.2, -0.15) is 0 Å². The van der Waals surface area contributed by atoms with Crippen molar-refractivity contribution in [3.63, 3.8) is 0 Å². The molecule has 0 unspecified atom stereocenters. The van der Waals surface area contributed by atoms with Gasteiger partial charge in [-0.25, -0.2) is 4.98 Å². The molecule has 0 radical (unpaired) electrons. The molecular weight excluding hydrogens is 460 g/mol. The zero-order valence-electron chi connectivity index (χ0n) is 20.9. The number of anilines is 3. The van der Waals surface area contributed by atoms with Gasteiger partial charge in [0.05, 0.1) is 21.3 Å². The number of methoxy groups -OCH3 is 3. The minimum absolute atomic E-state index is 0.0559. The minimum atomic E-state index is -0.0559. The highest BCUT2D eigenvalue weighted by molar-refractivity contribution is 5.92. The molecule has 36 heavy (non-hydrogen) atoms. The van der Waals surface area contributed by atoms with Crippen LogP contribution in [0.15, 0.2) is 48.7 Å². The standard InChI is InChI=1S/C26H30N6O4/c1-18-5-7-22(27-17-18)28-23-8-9-24(30-29-23)31-11-13-32(14-12-31)25(33)10-6-19-15-20(34-2)26(36-4)21(16-19)35-3/h5-10,15-17H,11-14H2,1-4H3,(H,27,28,29)/b10-6+. The molecule has 1 aliphatic heterocycles. The maximum absolute atomic E-state index is 12.8. The topological polar surface area (TPSA) is 102 Å². The number of rotatable bonds is 8. The second-order valence-electron chi connectivity index (χ2n) is 8.23. The van der Waals surface area contributed by atoms with Gasteiger partial charge in [-0.05, 0) is 54.5 Å². The third-order valence-electron chi connectivity index (χ3n) is 5.84. The summed E-state index contributed by atoms with van der Waals surface area (Å²) in [6, 6.07) is 11.3. The Morgan fingerprint density at radius 3 is 2.17 bits per heavy atom. The number of pyridine rings is 1. The van der Waals surface area contributed by atoms with Crippen LogP contribution in [0.25, 0.3) is 6.08 Å². The summed E-state index contributed by atoms with van der Waals surface area (Å²) in [7, 11) is 4.68. The molecule has 1 amide bonds. The van der Waals surface area contributed by atoms with Gasteiger partial charge in [-0.3, -0.25) is 4.79 Å². The zero-order chi connectivity index (χ0) is 25.5. The smallest absolute Gasteiger partial charge is 0.246 e. The quantitative estimate of drug-likeness (QED) is 0.477. The molecule has 10 heteroatoms. The number of ether oxygens (including phenoxy) is 3. The Bertz CT molecular complexity index is 1180. The van der Waals surface area contributed by atoms with E-state index >= 15 is 0 Å². The molecule has 1 N–H and O–H groups in total. The minimum Gasteiger partial charge on any atom is -0.493 e. The van der Waals surface area contributed by atoms with Gasteiger partial charge >= 0.3 is 0 Å². The fourth-order valence-corrected chi connectivity index (χ4v) is 3.86. The zero-order valence-corrected chi connectivity index (χ0v) is 20.9. The Hall–Kier alpha value is -4.34. The summed E-state index contributed by atoms with van der Waals surface area (Å²) in [5, 5.41) is 11.8. The molecule has 0 bridgehead atoms.